The first-order valence-electron chi connectivity index (χ1n) is 9.13. The lowest BCUT2D eigenvalue weighted by molar-refractivity contribution is 0.241. The number of hydrogen-bond donors (Lipinski definition) is 0. The van der Waals surface area contributed by atoms with Crippen molar-refractivity contribution in [2.24, 2.45) is 0 Å². The molecule has 0 bridgehead atoms. The maximum absolute atomic E-state index is 6.49. The summed E-state index contributed by atoms with van der Waals surface area (Å²) in [6.07, 6.45) is 0.995. The van der Waals surface area contributed by atoms with E-state index in [0.717, 1.165) is 12.2 Å². The molecule has 1 aliphatic heterocycles. The van der Waals surface area contributed by atoms with E-state index >= 15 is 0 Å². The summed E-state index contributed by atoms with van der Waals surface area (Å²) < 4.78 is 6.49. The van der Waals surface area contributed by atoms with E-state index in [1.807, 2.05) is 0 Å². The van der Waals surface area contributed by atoms with Crippen molar-refractivity contribution in [3.8, 4) is 16.9 Å². The summed E-state index contributed by atoms with van der Waals surface area (Å²) in [5.74, 6) is 1.05. The number of hydrogen-bond acceptors (Lipinski definition) is 1. The summed E-state index contributed by atoms with van der Waals surface area (Å²) in [5, 5.41) is 2.44. The largest absolute Gasteiger partial charge is 0.484 e. The maximum atomic E-state index is 6.49. The Hall–Kier alpha value is -3.06. The molecule has 0 N–H and O–H groups in total. The van der Waals surface area contributed by atoms with Gasteiger partial charge in [0.15, 0.2) is 0 Å². The van der Waals surface area contributed by atoms with E-state index in [-0.39, 0.29) is 6.10 Å². The van der Waals surface area contributed by atoms with Gasteiger partial charge in [0, 0.05) is 17.4 Å². The molecule has 0 aromatic heterocycles. The number of ether oxygens (including phenoxy) is 1. The highest BCUT2D eigenvalue weighted by Crippen LogP contribution is 2.46. The molecule has 0 aliphatic carbocycles. The molecule has 1 heteroatoms. The number of rotatable bonds is 2. The molecule has 1 aliphatic rings. The Morgan fingerprint density at radius 3 is 2.35 bits per heavy atom. The van der Waals surface area contributed by atoms with Gasteiger partial charge in [0.2, 0.25) is 0 Å². The second-order valence-electron chi connectivity index (χ2n) is 7.04. The van der Waals surface area contributed by atoms with Crippen LogP contribution >= 0.6 is 0 Å². The van der Waals surface area contributed by atoms with Gasteiger partial charge in [0.25, 0.3) is 0 Å². The highest BCUT2D eigenvalue weighted by molar-refractivity contribution is 5.95. The summed E-state index contributed by atoms with van der Waals surface area (Å²) in [6.45, 7) is 2.13. The standard InChI is InChI=1S/C25H20O/c1-17-11-13-18(14-12-17)22-15-20-9-5-6-10-21(20)25-23(22)16-24(26-25)19-7-3-2-4-8-19/h2-15,24H,16H2,1H3. The van der Waals surface area contributed by atoms with E-state index in [1.165, 1.54) is 38.6 Å². The van der Waals surface area contributed by atoms with Gasteiger partial charge in [0.05, 0.1) is 0 Å². The van der Waals surface area contributed by atoms with Crippen LogP contribution in [-0.4, -0.2) is 0 Å². The fourth-order valence-corrected chi connectivity index (χ4v) is 3.91. The minimum absolute atomic E-state index is 0.0844. The van der Waals surface area contributed by atoms with Crippen LogP contribution in [0.25, 0.3) is 21.9 Å². The van der Waals surface area contributed by atoms with Crippen LogP contribution in [-0.2, 0) is 6.42 Å². The number of fused-ring (bicyclic) bond motifs is 3. The number of benzene rings is 4. The highest BCUT2D eigenvalue weighted by atomic mass is 16.5. The van der Waals surface area contributed by atoms with Crippen molar-refractivity contribution in [1.29, 1.82) is 0 Å². The molecule has 126 valence electrons. The van der Waals surface area contributed by atoms with Crippen molar-refractivity contribution in [2.75, 3.05) is 0 Å². The van der Waals surface area contributed by atoms with E-state index in [9.17, 15) is 0 Å². The summed E-state index contributed by atoms with van der Waals surface area (Å²) in [7, 11) is 0. The van der Waals surface area contributed by atoms with Crippen LogP contribution in [0.5, 0.6) is 5.75 Å². The van der Waals surface area contributed by atoms with Crippen molar-refractivity contribution < 1.29 is 4.74 Å². The van der Waals surface area contributed by atoms with Gasteiger partial charge in [0.1, 0.15) is 11.9 Å². The molecule has 1 unspecified atom stereocenters. The van der Waals surface area contributed by atoms with Gasteiger partial charge in [-0.2, -0.15) is 0 Å². The molecule has 0 fully saturated rings. The van der Waals surface area contributed by atoms with E-state index in [2.05, 4.69) is 91.9 Å². The van der Waals surface area contributed by atoms with Crippen LogP contribution in [0.1, 0.15) is 22.8 Å². The topological polar surface area (TPSA) is 9.23 Å². The van der Waals surface area contributed by atoms with Gasteiger partial charge in [-0.15, -0.1) is 0 Å². The molecular formula is C25H20O. The Labute approximate surface area is 153 Å². The molecule has 0 radical (unpaired) electrons. The van der Waals surface area contributed by atoms with Gasteiger partial charge in [-0.1, -0.05) is 84.4 Å². The molecule has 0 saturated heterocycles. The van der Waals surface area contributed by atoms with E-state index in [4.69, 9.17) is 4.74 Å². The van der Waals surface area contributed by atoms with E-state index in [1.54, 1.807) is 0 Å². The van der Waals surface area contributed by atoms with Crippen molar-refractivity contribution >= 4 is 10.8 Å². The average molecular weight is 336 g/mol. The Morgan fingerprint density at radius 2 is 1.54 bits per heavy atom. The Bertz CT molecular complexity index is 1080. The minimum Gasteiger partial charge on any atom is -0.484 e. The van der Waals surface area contributed by atoms with Crippen molar-refractivity contribution in [3.63, 3.8) is 0 Å². The van der Waals surface area contributed by atoms with Crippen LogP contribution in [0.15, 0.2) is 84.9 Å². The lowest BCUT2D eigenvalue weighted by atomic mass is 9.92. The van der Waals surface area contributed by atoms with Crippen LogP contribution < -0.4 is 4.74 Å². The van der Waals surface area contributed by atoms with Gasteiger partial charge in [-0.25, -0.2) is 0 Å². The van der Waals surface area contributed by atoms with Crippen molar-refractivity contribution in [1.82, 2.24) is 0 Å². The quantitative estimate of drug-likeness (QED) is 0.406. The highest BCUT2D eigenvalue weighted by Gasteiger charge is 2.29. The maximum Gasteiger partial charge on any atom is 0.132 e. The predicted molar refractivity (Wildman–Crippen MR) is 108 cm³/mol. The van der Waals surface area contributed by atoms with Gasteiger partial charge >= 0.3 is 0 Å². The zero-order valence-corrected chi connectivity index (χ0v) is 14.8. The van der Waals surface area contributed by atoms with E-state index in [0.29, 0.717) is 0 Å². The molecule has 4 aromatic carbocycles. The lowest BCUT2D eigenvalue weighted by Crippen LogP contribution is -2.02. The van der Waals surface area contributed by atoms with Crippen LogP contribution in [0.2, 0.25) is 0 Å². The van der Waals surface area contributed by atoms with E-state index < -0.39 is 0 Å². The molecule has 4 aromatic rings. The monoisotopic (exact) mass is 336 g/mol. The normalized spacial score (nSPS) is 15.7. The first-order chi connectivity index (χ1) is 12.8. The predicted octanol–water partition coefficient (Wildman–Crippen LogP) is 6.49. The van der Waals surface area contributed by atoms with Crippen LogP contribution in [0.3, 0.4) is 0 Å². The molecule has 1 atom stereocenters. The van der Waals surface area contributed by atoms with Crippen LogP contribution in [0, 0.1) is 6.92 Å². The lowest BCUT2D eigenvalue weighted by Gasteiger charge is -2.12. The fourth-order valence-electron chi connectivity index (χ4n) is 3.91. The van der Waals surface area contributed by atoms with Gasteiger partial charge in [-0.05, 0) is 35.1 Å². The minimum atomic E-state index is 0.0844. The zero-order chi connectivity index (χ0) is 17.5. The summed E-state index contributed by atoms with van der Waals surface area (Å²) in [4.78, 5) is 0. The molecule has 1 heterocycles. The Morgan fingerprint density at radius 1 is 0.808 bits per heavy atom. The fraction of sp³-hybridized carbons (Fsp3) is 0.120. The first-order valence-corrected chi connectivity index (χ1v) is 9.13. The Kier molecular flexibility index (Phi) is 3.53. The Balaban J connectivity index is 1.70. The molecule has 1 nitrogen and oxygen atoms in total. The van der Waals surface area contributed by atoms with Crippen LogP contribution in [0.4, 0.5) is 0 Å². The molecule has 5 rings (SSSR count). The summed E-state index contributed by atoms with van der Waals surface area (Å²) in [5.41, 5.74) is 6.39. The number of aryl methyl sites for hydroxylation is 1. The zero-order valence-electron chi connectivity index (χ0n) is 14.8. The molecule has 0 saturated carbocycles. The second kappa shape index (κ2) is 6.03. The third kappa shape index (κ3) is 2.48. The van der Waals surface area contributed by atoms with Gasteiger partial charge < -0.3 is 4.74 Å². The van der Waals surface area contributed by atoms with Crippen molar-refractivity contribution in [3.05, 3.63) is 102 Å². The van der Waals surface area contributed by atoms with Crippen molar-refractivity contribution in [2.45, 2.75) is 19.4 Å². The average Bonchev–Trinajstić information content (AvgIpc) is 3.14. The molecular weight excluding hydrogens is 316 g/mol. The smallest absolute Gasteiger partial charge is 0.132 e. The SMILES string of the molecule is Cc1ccc(-c2cc3ccccc3c3c2CC(c2ccccc2)O3)cc1. The second-order valence-corrected chi connectivity index (χ2v) is 7.04. The summed E-state index contributed by atoms with van der Waals surface area (Å²) in [6, 6.07) is 30.2. The third-order valence-electron chi connectivity index (χ3n) is 5.29. The third-order valence-corrected chi connectivity index (χ3v) is 5.29. The molecule has 0 spiro atoms. The van der Waals surface area contributed by atoms with Gasteiger partial charge in [-0.3, -0.25) is 0 Å². The first kappa shape index (κ1) is 15.2. The summed E-state index contributed by atoms with van der Waals surface area (Å²) >= 11 is 0. The molecule has 0 amide bonds. The molecule has 26 heavy (non-hydrogen) atoms.